The summed E-state index contributed by atoms with van der Waals surface area (Å²) < 4.78 is 1.76. The molecule has 172 valence electrons. The van der Waals surface area contributed by atoms with Crippen LogP contribution in [0.2, 0.25) is 0 Å². The average molecular weight is 455 g/mol. The topological polar surface area (TPSA) is 106 Å². The van der Waals surface area contributed by atoms with Gasteiger partial charge in [0.05, 0.1) is 23.5 Å². The Morgan fingerprint density at radius 2 is 1.88 bits per heavy atom. The third-order valence-corrected chi connectivity index (χ3v) is 6.40. The predicted molar refractivity (Wildman–Crippen MR) is 129 cm³/mol. The first-order chi connectivity index (χ1) is 16.5. The normalized spacial score (nSPS) is 14.4. The third-order valence-electron chi connectivity index (χ3n) is 6.40. The highest BCUT2D eigenvalue weighted by atomic mass is 16.4. The van der Waals surface area contributed by atoms with Crippen molar-refractivity contribution in [2.24, 2.45) is 0 Å². The lowest BCUT2D eigenvalue weighted by Gasteiger charge is -2.25. The maximum absolute atomic E-state index is 11.1. The van der Waals surface area contributed by atoms with Gasteiger partial charge in [-0.05, 0) is 85.7 Å². The summed E-state index contributed by atoms with van der Waals surface area (Å²) in [5, 5.41) is 21.1. The molecular formula is C26H26N6O2. The summed E-state index contributed by atoms with van der Waals surface area (Å²) in [5.74, 6) is 1.19. The van der Waals surface area contributed by atoms with Gasteiger partial charge >= 0.3 is 5.97 Å². The minimum Gasteiger partial charge on any atom is -0.478 e. The first-order valence-corrected chi connectivity index (χ1v) is 11.4. The second-order valence-corrected chi connectivity index (χ2v) is 8.83. The van der Waals surface area contributed by atoms with Gasteiger partial charge in [0, 0.05) is 6.20 Å². The van der Waals surface area contributed by atoms with Gasteiger partial charge in [0.25, 0.3) is 0 Å². The highest BCUT2D eigenvalue weighted by Crippen LogP contribution is 2.37. The molecule has 3 aromatic heterocycles. The summed E-state index contributed by atoms with van der Waals surface area (Å²) in [6.45, 7) is 4.01. The molecule has 1 aromatic carbocycles. The van der Waals surface area contributed by atoms with Gasteiger partial charge < -0.3 is 10.4 Å². The lowest BCUT2D eigenvalue weighted by Crippen LogP contribution is -2.09. The van der Waals surface area contributed by atoms with Crippen molar-refractivity contribution < 1.29 is 9.90 Å². The van der Waals surface area contributed by atoms with Gasteiger partial charge in [-0.3, -0.25) is 0 Å². The molecule has 5 rings (SSSR count). The average Bonchev–Trinajstić information content (AvgIpc) is 3.28. The monoisotopic (exact) mass is 454 g/mol. The van der Waals surface area contributed by atoms with Crippen LogP contribution in [-0.4, -0.2) is 36.0 Å². The Balaban J connectivity index is 1.36. The van der Waals surface area contributed by atoms with E-state index in [4.69, 9.17) is 10.1 Å². The number of nitrogens with one attached hydrogen (secondary N) is 1. The first-order valence-electron chi connectivity index (χ1n) is 11.4. The molecular weight excluding hydrogens is 428 g/mol. The molecule has 1 fully saturated rings. The number of aromatic carboxylic acids is 1. The molecule has 1 atom stereocenters. The van der Waals surface area contributed by atoms with E-state index in [0.29, 0.717) is 17.4 Å². The Morgan fingerprint density at radius 1 is 1.09 bits per heavy atom. The number of rotatable bonds is 7. The van der Waals surface area contributed by atoms with E-state index in [1.165, 1.54) is 24.8 Å². The van der Waals surface area contributed by atoms with Crippen molar-refractivity contribution >= 4 is 17.6 Å². The molecule has 1 aliphatic rings. The van der Waals surface area contributed by atoms with Crippen molar-refractivity contribution in [1.29, 1.82) is 0 Å². The Morgan fingerprint density at radius 3 is 2.59 bits per heavy atom. The second kappa shape index (κ2) is 9.05. The number of nitrogens with zero attached hydrogens (tertiary/aromatic N) is 5. The van der Waals surface area contributed by atoms with E-state index in [2.05, 4.69) is 32.7 Å². The summed E-state index contributed by atoms with van der Waals surface area (Å²) >= 11 is 0. The predicted octanol–water partition coefficient (Wildman–Crippen LogP) is 5.36. The Bertz CT molecular complexity index is 1330. The molecule has 0 radical (unpaired) electrons. The highest BCUT2D eigenvalue weighted by Gasteiger charge is 2.20. The van der Waals surface area contributed by atoms with E-state index in [9.17, 15) is 4.79 Å². The van der Waals surface area contributed by atoms with Crippen molar-refractivity contribution in [1.82, 2.24) is 25.0 Å². The van der Waals surface area contributed by atoms with Gasteiger partial charge in [0.1, 0.15) is 17.3 Å². The summed E-state index contributed by atoms with van der Waals surface area (Å²) in [7, 11) is 0. The number of aromatic nitrogens is 5. The fourth-order valence-electron chi connectivity index (χ4n) is 4.14. The van der Waals surface area contributed by atoms with Crippen LogP contribution >= 0.6 is 0 Å². The maximum Gasteiger partial charge on any atom is 0.335 e. The van der Waals surface area contributed by atoms with E-state index >= 15 is 0 Å². The first kappa shape index (κ1) is 21.8. The minimum absolute atomic E-state index is 0.107. The van der Waals surface area contributed by atoms with E-state index in [0.717, 1.165) is 22.6 Å². The summed E-state index contributed by atoms with van der Waals surface area (Å²) in [6, 6.07) is 14.9. The zero-order valence-electron chi connectivity index (χ0n) is 19.1. The molecule has 8 nitrogen and oxygen atoms in total. The van der Waals surface area contributed by atoms with Gasteiger partial charge in [0.2, 0.25) is 0 Å². The zero-order valence-corrected chi connectivity index (χ0v) is 19.1. The van der Waals surface area contributed by atoms with Crippen LogP contribution in [0.4, 0.5) is 11.6 Å². The van der Waals surface area contributed by atoms with E-state index < -0.39 is 5.97 Å². The number of carboxylic acids is 1. The highest BCUT2D eigenvalue weighted by molar-refractivity contribution is 5.87. The Kier molecular flexibility index (Phi) is 5.79. The van der Waals surface area contributed by atoms with Gasteiger partial charge in [-0.15, -0.1) is 5.10 Å². The van der Waals surface area contributed by atoms with Crippen LogP contribution in [0.5, 0.6) is 0 Å². The van der Waals surface area contributed by atoms with Crippen LogP contribution in [0, 0.1) is 6.92 Å². The molecule has 1 unspecified atom stereocenters. The molecule has 8 heteroatoms. The van der Waals surface area contributed by atoms with E-state index in [-0.39, 0.29) is 11.6 Å². The number of hydrogen-bond acceptors (Lipinski definition) is 6. The van der Waals surface area contributed by atoms with E-state index in [1.807, 2.05) is 38.4 Å². The smallest absolute Gasteiger partial charge is 0.335 e. The lowest BCUT2D eigenvalue weighted by molar-refractivity contribution is 0.0697. The van der Waals surface area contributed by atoms with Crippen LogP contribution in [0.1, 0.15) is 65.2 Å². The second-order valence-electron chi connectivity index (χ2n) is 8.83. The number of carbonyl (C=O) groups is 1. The summed E-state index contributed by atoms with van der Waals surface area (Å²) in [4.78, 5) is 20.3. The van der Waals surface area contributed by atoms with Gasteiger partial charge in [-0.2, -0.15) is 0 Å². The molecule has 1 saturated carbocycles. The van der Waals surface area contributed by atoms with Crippen molar-refractivity contribution in [3.8, 4) is 11.4 Å². The molecule has 1 aliphatic carbocycles. The molecule has 2 N–H and O–H groups in total. The van der Waals surface area contributed by atoms with Crippen LogP contribution in [0.3, 0.4) is 0 Å². The fourth-order valence-corrected chi connectivity index (χ4v) is 4.14. The Labute approximate surface area is 197 Å². The van der Waals surface area contributed by atoms with Gasteiger partial charge in [0.15, 0.2) is 0 Å². The van der Waals surface area contributed by atoms with Gasteiger partial charge in [-0.1, -0.05) is 23.8 Å². The summed E-state index contributed by atoms with van der Waals surface area (Å²) in [6.07, 6.45) is 7.49. The van der Waals surface area contributed by atoms with Crippen molar-refractivity contribution in [3.05, 3.63) is 83.2 Å². The fraction of sp³-hybridized carbons (Fsp3) is 0.269. The van der Waals surface area contributed by atoms with Crippen LogP contribution in [-0.2, 0) is 0 Å². The number of hydrogen-bond donors (Lipinski definition) is 2. The molecule has 0 bridgehead atoms. The van der Waals surface area contributed by atoms with Crippen molar-refractivity contribution in [3.63, 3.8) is 0 Å². The molecule has 34 heavy (non-hydrogen) atoms. The lowest BCUT2D eigenvalue weighted by atomic mass is 9.80. The number of aryl methyl sites for hydroxylation is 1. The Hall–Kier alpha value is -4.07. The van der Waals surface area contributed by atoms with Crippen LogP contribution < -0.4 is 5.32 Å². The largest absolute Gasteiger partial charge is 0.478 e. The quantitative estimate of drug-likeness (QED) is 0.387. The molecule has 0 amide bonds. The number of anilines is 2. The number of pyridine rings is 2. The third kappa shape index (κ3) is 4.52. The molecule has 4 aromatic rings. The maximum atomic E-state index is 11.1. The number of benzene rings is 1. The van der Waals surface area contributed by atoms with Crippen LogP contribution in [0.25, 0.3) is 11.4 Å². The SMILES string of the molecule is Cc1cc(Nc2cc(C3CCC3)ccn2)nc(-c2cn(C(C)c3ccc(C(=O)O)cc3)nn2)c1. The molecule has 0 spiro atoms. The standard InChI is InChI=1S/C26H26N6O2/c1-16-12-22(28-25(13-16)29-24-14-21(10-11-27-24)19-4-3-5-19)23-15-32(31-30-23)17(2)18-6-8-20(9-7-18)26(33)34/h6-15,17,19H,3-5H2,1-2H3,(H,33,34)(H,27,28,29). The number of carboxylic acid groups (broad SMARTS) is 1. The molecule has 3 heterocycles. The van der Waals surface area contributed by atoms with Crippen LogP contribution in [0.15, 0.2) is 60.9 Å². The zero-order chi connectivity index (χ0) is 23.7. The summed E-state index contributed by atoms with van der Waals surface area (Å²) in [5.41, 5.74) is 4.96. The van der Waals surface area contributed by atoms with Gasteiger partial charge in [-0.25, -0.2) is 19.4 Å². The molecule has 0 saturated heterocycles. The van der Waals surface area contributed by atoms with Crippen molar-refractivity contribution in [2.75, 3.05) is 5.32 Å². The minimum atomic E-state index is -0.942. The molecule has 0 aliphatic heterocycles. The van der Waals surface area contributed by atoms with E-state index in [1.54, 1.807) is 28.9 Å². The van der Waals surface area contributed by atoms with Crippen molar-refractivity contribution in [2.45, 2.75) is 45.1 Å².